The molecule has 0 bridgehead atoms. The molecule has 0 amide bonds. The van der Waals surface area contributed by atoms with Crippen molar-refractivity contribution in [2.75, 3.05) is 0 Å². The average molecular weight is 402 g/mol. The van der Waals surface area contributed by atoms with Crippen LogP contribution in [0.3, 0.4) is 0 Å². The Morgan fingerprint density at radius 3 is 2.24 bits per heavy atom. The molecule has 0 atom stereocenters. The minimum Gasteiger partial charge on any atom is -0.328 e. The van der Waals surface area contributed by atoms with Gasteiger partial charge >= 0.3 is 0 Å². The first-order valence-corrected chi connectivity index (χ1v) is 10.8. The largest absolute Gasteiger partial charge is 0.328 e. The fraction of sp³-hybridized carbons (Fsp3) is 0.583. The molecule has 5 heteroatoms. The Hall–Kier alpha value is -2.01. The van der Waals surface area contributed by atoms with Gasteiger partial charge < -0.3 is 15.1 Å². The Morgan fingerprint density at radius 2 is 1.69 bits per heavy atom. The van der Waals surface area contributed by atoms with Crippen LogP contribution in [0.25, 0.3) is 11.4 Å². The highest BCUT2D eigenvalue weighted by Crippen LogP contribution is 2.30. The van der Waals surface area contributed by atoms with Gasteiger partial charge in [-0.2, -0.15) is 0 Å². The third kappa shape index (κ3) is 6.23. The SMILES string of the molecule is C=O.Cc1ccc(F)cc1-c1nc(C)c(C)n1CC1CCCCC1.NC1CCC1. The zero-order chi connectivity index (χ0) is 21.4. The Morgan fingerprint density at radius 1 is 1.07 bits per heavy atom. The van der Waals surface area contributed by atoms with Crippen LogP contribution in [0.5, 0.6) is 0 Å². The van der Waals surface area contributed by atoms with Gasteiger partial charge in [0.1, 0.15) is 18.4 Å². The molecule has 0 aliphatic heterocycles. The van der Waals surface area contributed by atoms with Crippen molar-refractivity contribution >= 4 is 6.79 Å². The molecule has 2 fully saturated rings. The molecule has 2 N–H and O–H groups in total. The molecule has 29 heavy (non-hydrogen) atoms. The van der Waals surface area contributed by atoms with Gasteiger partial charge in [0.05, 0.1) is 5.69 Å². The van der Waals surface area contributed by atoms with Crippen LogP contribution in [-0.4, -0.2) is 22.4 Å². The number of nitrogens with two attached hydrogens (primary N) is 1. The smallest absolute Gasteiger partial charge is 0.140 e. The molecule has 0 unspecified atom stereocenters. The summed E-state index contributed by atoms with van der Waals surface area (Å²) >= 11 is 0. The lowest BCUT2D eigenvalue weighted by Gasteiger charge is -2.24. The van der Waals surface area contributed by atoms with Crippen LogP contribution in [0, 0.1) is 32.5 Å². The molecule has 2 aliphatic rings. The average Bonchev–Trinajstić information content (AvgIpc) is 2.99. The molecule has 4 rings (SSSR count). The van der Waals surface area contributed by atoms with Crippen LogP contribution in [0.1, 0.15) is 68.3 Å². The van der Waals surface area contributed by atoms with Crippen LogP contribution >= 0.6 is 0 Å². The Bertz CT molecular complexity index is 777. The third-order valence-corrected chi connectivity index (χ3v) is 6.21. The minimum atomic E-state index is -0.192. The fourth-order valence-electron chi connectivity index (χ4n) is 3.99. The highest BCUT2D eigenvalue weighted by molar-refractivity contribution is 5.61. The number of aromatic nitrogens is 2. The third-order valence-electron chi connectivity index (χ3n) is 6.21. The molecule has 2 saturated carbocycles. The second-order valence-corrected chi connectivity index (χ2v) is 8.37. The van der Waals surface area contributed by atoms with Gasteiger partial charge in [0.25, 0.3) is 0 Å². The summed E-state index contributed by atoms with van der Waals surface area (Å²) in [6, 6.07) is 5.55. The molecule has 1 aromatic carbocycles. The summed E-state index contributed by atoms with van der Waals surface area (Å²) < 4.78 is 16.0. The zero-order valence-electron chi connectivity index (χ0n) is 18.2. The number of carbonyl (C=O) groups excluding carboxylic acids is 1. The van der Waals surface area contributed by atoms with E-state index in [2.05, 4.69) is 11.5 Å². The number of hydrogen-bond donors (Lipinski definition) is 1. The van der Waals surface area contributed by atoms with Crippen LogP contribution in [0.15, 0.2) is 18.2 Å². The quantitative estimate of drug-likeness (QED) is 0.738. The van der Waals surface area contributed by atoms with Crippen molar-refractivity contribution in [2.45, 2.75) is 84.7 Å². The highest BCUT2D eigenvalue weighted by Gasteiger charge is 2.20. The lowest BCUT2D eigenvalue weighted by atomic mass is 9.89. The summed E-state index contributed by atoms with van der Waals surface area (Å²) in [4.78, 5) is 12.7. The number of halogens is 1. The topological polar surface area (TPSA) is 60.9 Å². The highest BCUT2D eigenvalue weighted by atomic mass is 19.1. The Labute approximate surface area is 174 Å². The number of hydrogen-bond acceptors (Lipinski definition) is 3. The number of carbonyl (C=O) groups is 1. The molecule has 2 aliphatic carbocycles. The van der Waals surface area contributed by atoms with Crippen molar-refractivity contribution in [1.82, 2.24) is 9.55 Å². The number of nitrogens with zero attached hydrogens (tertiary/aromatic N) is 2. The first-order valence-electron chi connectivity index (χ1n) is 10.8. The monoisotopic (exact) mass is 401 g/mol. The molecule has 0 radical (unpaired) electrons. The van der Waals surface area contributed by atoms with Crippen molar-refractivity contribution in [3.8, 4) is 11.4 Å². The maximum atomic E-state index is 13.7. The van der Waals surface area contributed by atoms with E-state index in [1.165, 1.54) is 63.1 Å². The molecule has 0 spiro atoms. The number of benzene rings is 1. The molecule has 2 aromatic rings. The van der Waals surface area contributed by atoms with Gasteiger partial charge in [0.2, 0.25) is 0 Å². The standard InChI is InChI=1S/C19H25FN2.C4H9N.CH2O/c1-13-9-10-17(20)11-18(13)19-21-14(2)15(3)22(19)12-16-7-5-4-6-8-16;5-4-2-1-3-4;1-2/h9-11,16H,4-8,12H2,1-3H3;4H,1-3,5H2;1H2. The summed E-state index contributed by atoms with van der Waals surface area (Å²) in [5.41, 5.74) is 9.64. The molecule has 160 valence electrons. The van der Waals surface area contributed by atoms with E-state index in [0.717, 1.165) is 35.1 Å². The lowest BCUT2D eigenvalue weighted by molar-refractivity contribution is -0.0979. The van der Waals surface area contributed by atoms with Crippen molar-refractivity contribution in [3.05, 3.63) is 41.0 Å². The van der Waals surface area contributed by atoms with Crippen LogP contribution in [0.4, 0.5) is 4.39 Å². The summed E-state index contributed by atoms with van der Waals surface area (Å²) in [5, 5.41) is 0. The van der Waals surface area contributed by atoms with Gasteiger partial charge in [-0.15, -0.1) is 0 Å². The fourth-order valence-corrected chi connectivity index (χ4v) is 3.99. The minimum absolute atomic E-state index is 0.192. The van der Waals surface area contributed by atoms with Gasteiger partial charge in [-0.1, -0.05) is 31.7 Å². The predicted molar refractivity (Wildman–Crippen MR) is 117 cm³/mol. The van der Waals surface area contributed by atoms with Crippen LogP contribution in [0.2, 0.25) is 0 Å². The van der Waals surface area contributed by atoms with E-state index in [1.807, 2.05) is 26.7 Å². The summed E-state index contributed by atoms with van der Waals surface area (Å²) in [6.45, 7) is 9.21. The zero-order valence-corrected chi connectivity index (χ0v) is 18.2. The van der Waals surface area contributed by atoms with Crippen molar-refractivity contribution in [1.29, 1.82) is 0 Å². The van der Waals surface area contributed by atoms with Crippen LogP contribution < -0.4 is 5.73 Å². The molecule has 1 aromatic heterocycles. The lowest BCUT2D eigenvalue weighted by Crippen LogP contribution is -2.27. The van der Waals surface area contributed by atoms with Crippen molar-refractivity contribution in [3.63, 3.8) is 0 Å². The number of aryl methyl sites for hydroxylation is 2. The van der Waals surface area contributed by atoms with E-state index < -0.39 is 0 Å². The van der Waals surface area contributed by atoms with Gasteiger partial charge in [0.15, 0.2) is 0 Å². The molecule has 4 nitrogen and oxygen atoms in total. The molecule has 1 heterocycles. The van der Waals surface area contributed by atoms with E-state index in [0.29, 0.717) is 6.04 Å². The number of rotatable bonds is 3. The summed E-state index contributed by atoms with van der Waals surface area (Å²) in [7, 11) is 0. The summed E-state index contributed by atoms with van der Waals surface area (Å²) in [6.07, 6.45) is 10.5. The van der Waals surface area contributed by atoms with Crippen molar-refractivity contribution < 1.29 is 9.18 Å². The van der Waals surface area contributed by atoms with E-state index in [9.17, 15) is 4.39 Å². The van der Waals surface area contributed by atoms with E-state index in [-0.39, 0.29) is 5.82 Å². The number of imidazole rings is 1. The first-order chi connectivity index (χ1) is 14.0. The molecule has 0 saturated heterocycles. The second kappa shape index (κ2) is 11.2. The Kier molecular flexibility index (Phi) is 9.02. The maximum absolute atomic E-state index is 13.7. The predicted octanol–water partition coefficient (Wildman–Crippen LogP) is 5.51. The molecular weight excluding hydrogens is 365 g/mol. The van der Waals surface area contributed by atoms with Gasteiger partial charge in [0, 0.05) is 23.8 Å². The molecular formula is C24H36FN3O. The van der Waals surface area contributed by atoms with E-state index in [4.69, 9.17) is 15.5 Å². The first kappa shape index (κ1) is 23.3. The van der Waals surface area contributed by atoms with E-state index in [1.54, 1.807) is 6.07 Å². The Balaban J connectivity index is 0.000000367. The van der Waals surface area contributed by atoms with Gasteiger partial charge in [-0.05, 0) is 70.1 Å². The summed E-state index contributed by atoms with van der Waals surface area (Å²) in [5.74, 6) is 1.47. The van der Waals surface area contributed by atoms with Crippen molar-refractivity contribution in [2.24, 2.45) is 11.7 Å². The van der Waals surface area contributed by atoms with Crippen LogP contribution in [-0.2, 0) is 11.3 Å². The van der Waals surface area contributed by atoms with E-state index >= 15 is 0 Å². The second-order valence-electron chi connectivity index (χ2n) is 8.37. The van der Waals surface area contributed by atoms with Gasteiger partial charge in [-0.25, -0.2) is 9.37 Å². The van der Waals surface area contributed by atoms with Gasteiger partial charge in [-0.3, -0.25) is 0 Å². The maximum Gasteiger partial charge on any atom is 0.140 e. The normalized spacial score (nSPS) is 16.9.